The number of aryl methyl sites for hydroxylation is 1. The van der Waals surface area contributed by atoms with E-state index in [4.69, 9.17) is 11.6 Å². The molecular formula is C17H20ClN3O. The van der Waals surface area contributed by atoms with E-state index in [1.165, 1.54) is 0 Å². The van der Waals surface area contributed by atoms with Gasteiger partial charge in [0.25, 0.3) is 0 Å². The van der Waals surface area contributed by atoms with Crippen molar-refractivity contribution >= 4 is 34.7 Å². The maximum atomic E-state index is 11.6. The molecule has 0 atom stereocenters. The molecule has 1 aromatic heterocycles. The van der Waals surface area contributed by atoms with Gasteiger partial charge in [-0.25, -0.2) is 4.98 Å². The van der Waals surface area contributed by atoms with Gasteiger partial charge in [0.2, 0.25) is 5.91 Å². The number of nitrogens with zero attached hydrogens (tertiary/aromatic N) is 1. The van der Waals surface area contributed by atoms with Crippen molar-refractivity contribution in [3.05, 3.63) is 47.1 Å². The second-order valence-corrected chi connectivity index (χ2v) is 5.58. The Kier molecular flexibility index (Phi) is 5.78. The number of hydrogen-bond acceptors (Lipinski definition) is 3. The second-order valence-electron chi connectivity index (χ2n) is 5.17. The van der Waals surface area contributed by atoms with Crippen LogP contribution >= 0.6 is 11.6 Å². The van der Waals surface area contributed by atoms with Crippen LogP contribution in [-0.2, 0) is 4.79 Å². The molecule has 0 aliphatic carbocycles. The number of benzene rings is 1. The summed E-state index contributed by atoms with van der Waals surface area (Å²) in [6.07, 6.45) is 4.08. The number of nitrogens with one attached hydrogen (secondary N) is 2. The molecule has 0 unspecified atom stereocenters. The Morgan fingerprint density at radius 2 is 2.00 bits per heavy atom. The predicted octanol–water partition coefficient (Wildman–Crippen LogP) is 4.92. The van der Waals surface area contributed by atoms with E-state index in [0.717, 1.165) is 24.1 Å². The third-order valence-corrected chi connectivity index (χ3v) is 3.66. The van der Waals surface area contributed by atoms with Crippen molar-refractivity contribution in [3.63, 3.8) is 0 Å². The fourth-order valence-corrected chi connectivity index (χ4v) is 2.10. The van der Waals surface area contributed by atoms with Gasteiger partial charge in [-0.1, -0.05) is 31.0 Å². The highest BCUT2D eigenvalue weighted by molar-refractivity contribution is 6.31. The molecule has 1 aromatic carbocycles. The number of carbonyl (C=O) groups is 1. The molecule has 1 heterocycles. The Morgan fingerprint density at radius 3 is 2.64 bits per heavy atom. The Balaban J connectivity index is 1.96. The minimum absolute atomic E-state index is 0.0228. The first-order chi connectivity index (χ1) is 10.6. The molecule has 116 valence electrons. The lowest BCUT2D eigenvalue weighted by Crippen LogP contribution is -2.11. The fourth-order valence-electron chi connectivity index (χ4n) is 1.92. The molecular weight excluding hydrogens is 298 g/mol. The summed E-state index contributed by atoms with van der Waals surface area (Å²) in [6.45, 7) is 4.02. The average Bonchev–Trinajstić information content (AvgIpc) is 2.51. The van der Waals surface area contributed by atoms with Crippen LogP contribution < -0.4 is 10.6 Å². The maximum Gasteiger partial charge on any atom is 0.224 e. The molecule has 22 heavy (non-hydrogen) atoms. The van der Waals surface area contributed by atoms with Gasteiger partial charge in [0.1, 0.15) is 5.82 Å². The summed E-state index contributed by atoms with van der Waals surface area (Å²) in [6, 6.07) is 9.41. The topological polar surface area (TPSA) is 54.0 Å². The summed E-state index contributed by atoms with van der Waals surface area (Å²) in [7, 11) is 0. The highest BCUT2D eigenvalue weighted by atomic mass is 35.5. The summed E-state index contributed by atoms with van der Waals surface area (Å²) in [5.74, 6) is 0.723. The number of rotatable bonds is 6. The van der Waals surface area contributed by atoms with E-state index in [2.05, 4.69) is 22.5 Å². The van der Waals surface area contributed by atoms with Crippen molar-refractivity contribution < 1.29 is 4.79 Å². The number of anilines is 3. The van der Waals surface area contributed by atoms with E-state index < -0.39 is 0 Å². The maximum absolute atomic E-state index is 11.6. The Morgan fingerprint density at radius 1 is 1.23 bits per heavy atom. The number of aromatic nitrogens is 1. The molecule has 0 radical (unpaired) electrons. The average molecular weight is 318 g/mol. The first kappa shape index (κ1) is 16.3. The second kappa shape index (κ2) is 7.80. The lowest BCUT2D eigenvalue weighted by atomic mass is 10.2. The number of unbranched alkanes of at least 4 members (excludes halogenated alkanes) is 1. The molecule has 0 aliphatic heterocycles. The van der Waals surface area contributed by atoms with E-state index in [-0.39, 0.29) is 5.91 Å². The van der Waals surface area contributed by atoms with Crippen molar-refractivity contribution in [3.8, 4) is 0 Å². The lowest BCUT2D eigenvalue weighted by Gasteiger charge is -2.09. The van der Waals surface area contributed by atoms with Crippen LogP contribution in [0.2, 0.25) is 5.02 Å². The number of amides is 1. The Bertz CT molecular complexity index is 641. The first-order valence-corrected chi connectivity index (χ1v) is 7.75. The standard InChI is InChI=1S/C17H20ClN3O/c1-3-4-5-17(22)21-14-8-9-16(19-11-14)20-13-7-6-12(2)15(18)10-13/h6-11H,3-5H2,1-2H3,(H,19,20)(H,21,22). The zero-order valence-electron chi connectivity index (χ0n) is 12.8. The Hall–Kier alpha value is -2.07. The van der Waals surface area contributed by atoms with Gasteiger partial charge in [0, 0.05) is 17.1 Å². The number of halogens is 1. The highest BCUT2D eigenvalue weighted by Gasteiger charge is 2.03. The molecule has 0 bridgehead atoms. The van der Waals surface area contributed by atoms with Crippen LogP contribution in [0.25, 0.3) is 0 Å². The minimum Gasteiger partial charge on any atom is -0.340 e. The predicted molar refractivity (Wildman–Crippen MR) is 91.9 cm³/mol. The third kappa shape index (κ3) is 4.74. The molecule has 5 heteroatoms. The number of hydrogen-bond donors (Lipinski definition) is 2. The number of pyridine rings is 1. The van der Waals surface area contributed by atoms with Crippen LogP contribution in [0.3, 0.4) is 0 Å². The molecule has 2 N–H and O–H groups in total. The smallest absolute Gasteiger partial charge is 0.224 e. The van der Waals surface area contributed by atoms with Crippen LogP contribution in [0.5, 0.6) is 0 Å². The molecule has 0 spiro atoms. The fraction of sp³-hybridized carbons (Fsp3) is 0.294. The van der Waals surface area contributed by atoms with Gasteiger partial charge < -0.3 is 10.6 Å². The molecule has 0 saturated heterocycles. The van der Waals surface area contributed by atoms with Crippen molar-refractivity contribution in [2.75, 3.05) is 10.6 Å². The quantitative estimate of drug-likeness (QED) is 0.795. The van der Waals surface area contributed by atoms with Crippen LogP contribution in [-0.4, -0.2) is 10.9 Å². The van der Waals surface area contributed by atoms with E-state index in [0.29, 0.717) is 22.9 Å². The van der Waals surface area contributed by atoms with Gasteiger partial charge in [-0.2, -0.15) is 0 Å². The number of carbonyl (C=O) groups excluding carboxylic acids is 1. The normalized spacial score (nSPS) is 10.3. The minimum atomic E-state index is 0.0228. The van der Waals surface area contributed by atoms with E-state index in [1.54, 1.807) is 6.20 Å². The molecule has 0 aliphatic rings. The zero-order valence-corrected chi connectivity index (χ0v) is 13.6. The summed E-state index contributed by atoms with van der Waals surface area (Å²) < 4.78 is 0. The molecule has 1 amide bonds. The van der Waals surface area contributed by atoms with Gasteiger partial charge in [0.15, 0.2) is 0 Å². The largest absolute Gasteiger partial charge is 0.340 e. The van der Waals surface area contributed by atoms with Crippen molar-refractivity contribution in [2.24, 2.45) is 0 Å². The molecule has 0 saturated carbocycles. The van der Waals surface area contributed by atoms with Crippen LogP contribution in [0.1, 0.15) is 31.7 Å². The van der Waals surface area contributed by atoms with E-state index in [9.17, 15) is 4.79 Å². The molecule has 0 fully saturated rings. The lowest BCUT2D eigenvalue weighted by molar-refractivity contribution is -0.116. The summed E-state index contributed by atoms with van der Waals surface area (Å²) in [5.41, 5.74) is 2.61. The van der Waals surface area contributed by atoms with Gasteiger partial charge in [-0.15, -0.1) is 0 Å². The van der Waals surface area contributed by atoms with Crippen LogP contribution in [0.4, 0.5) is 17.2 Å². The SMILES string of the molecule is CCCCC(=O)Nc1ccc(Nc2ccc(C)c(Cl)c2)nc1. The molecule has 2 rings (SSSR count). The van der Waals surface area contributed by atoms with Gasteiger partial charge in [0.05, 0.1) is 11.9 Å². The third-order valence-electron chi connectivity index (χ3n) is 3.25. The molecule has 4 nitrogen and oxygen atoms in total. The monoisotopic (exact) mass is 317 g/mol. The summed E-state index contributed by atoms with van der Waals surface area (Å²) >= 11 is 6.10. The summed E-state index contributed by atoms with van der Waals surface area (Å²) in [5, 5.41) is 6.73. The molecule has 2 aromatic rings. The van der Waals surface area contributed by atoms with Crippen LogP contribution in [0.15, 0.2) is 36.5 Å². The van der Waals surface area contributed by atoms with Crippen molar-refractivity contribution in [1.82, 2.24) is 4.98 Å². The van der Waals surface area contributed by atoms with E-state index >= 15 is 0 Å². The van der Waals surface area contributed by atoms with Crippen molar-refractivity contribution in [1.29, 1.82) is 0 Å². The first-order valence-electron chi connectivity index (χ1n) is 7.37. The zero-order chi connectivity index (χ0) is 15.9. The Labute approximate surface area is 135 Å². The highest BCUT2D eigenvalue weighted by Crippen LogP contribution is 2.22. The van der Waals surface area contributed by atoms with Gasteiger partial charge >= 0.3 is 0 Å². The van der Waals surface area contributed by atoms with Gasteiger partial charge in [-0.3, -0.25) is 4.79 Å². The summed E-state index contributed by atoms with van der Waals surface area (Å²) in [4.78, 5) is 15.9. The van der Waals surface area contributed by atoms with Crippen LogP contribution in [0, 0.1) is 6.92 Å². The van der Waals surface area contributed by atoms with E-state index in [1.807, 2.05) is 37.3 Å². The van der Waals surface area contributed by atoms with Crippen molar-refractivity contribution in [2.45, 2.75) is 33.1 Å². The van der Waals surface area contributed by atoms with Gasteiger partial charge in [-0.05, 0) is 43.2 Å².